The minimum absolute atomic E-state index is 0.584. The van der Waals surface area contributed by atoms with Crippen LogP contribution in [0.1, 0.15) is 32.3 Å². The van der Waals surface area contributed by atoms with E-state index < -0.39 is 0 Å². The second-order valence-corrected chi connectivity index (χ2v) is 5.41. The molecule has 0 bridgehead atoms. The van der Waals surface area contributed by atoms with Crippen molar-refractivity contribution in [3.05, 3.63) is 34.3 Å². The highest BCUT2D eigenvalue weighted by Crippen LogP contribution is 2.17. The average Bonchev–Trinajstić information content (AvgIpc) is 2.28. The van der Waals surface area contributed by atoms with Gasteiger partial charge in [0.15, 0.2) is 0 Å². The van der Waals surface area contributed by atoms with Crippen LogP contribution in [0, 0.1) is 5.92 Å². The third kappa shape index (κ3) is 4.26. The van der Waals surface area contributed by atoms with Gasteiger partial charge in [0.2, 0.25) is 0 Å². The van der Waals surface area contributed by atoms with Crippen molar-refractivity contribution in [2.45, 2.75) is 39.2 Å². The summed E-state index contributed by atoms with van der Waals surface area (Å²) < 4.78 is 1.15. The molecular weight excluding hydrogens is 262 g/mol. The minimum atomic E-state index is 0.584. The van der Waals surface area contributed by atoms with Gasteiger partial charge in [-0.25, -0.2) is 0 Å². The first-order chi connectivity index (χ1) is 7.67. The second kappa shape index (κ2) is 7.08. The first kappa shape index (κ1) is 13.7. The largest absolute Gasteiger partial charge is 0.316 e. The standard InChI is InChI=1S/C14H22BrN/c1-4-5-11(2)14(16-3)10-12-6-8-13(15)9-7-12/h6-9,11,14,16H,4-5,10H2,1-3H3. The number of hydrogen-bond donors (Lipinski definition) is 1. The van der Waals surface area contributed by atoms with E-state index in [-0.39, 0.29) is 0 Å². The van der Waals surface area contributed by atoms with Crippen LogP contribution in [0.3, 0.4) is 0 Å². The monoisotopic (exact) mass is 283 g/mol. The number of halogens is 1. The van der Waals surface area contributed by atoms with E-state index in [2.05, 4.69) is 66.4 Å². The minimum Gasteiger partial charge on any atom is -0.316 e. The number of likely N-dealkylation sites (N-methyl/N-ethyl adjacent to an activating group) is 1. The number of rotatable bonds is 6. The fourth-order valence-electron chi connectivity index (χ4n) is 2.12. The number of benzene rings is 1. The van der Waals surface area contributed by atoms with E-state index in [0.717, 1.165) is 16.8 Å². The molecule has 0 radical (unpaired) electrons. The van der Waals surface area contributed by atoms with Crippen molar-refractivity contribution < 1.29 is 0 Å². The third-order valence-corrected chi connectivity index (χ3v) is 3.70. The lowest BCUT2D eigenvalue weighted by atomic mass is 9.92. The molecule has 0 aromatic heterocycles. The Morgan fingerprint density at radius 3 is 2.38 bits per heavy atom. The summed E-state index contributed by atoms with van der Waals surface area (Å²) in [6.07, 6.45) is 3.67. The van der Waals surface area contributed by atoms with Gasteiger partial charge in [0.1, 0.15) is 0 Å². The molecule has 0 aliphatic heterocycles. The molecule has 1 rings (SSSR count). The van der Waals surface area contributed by atoms with Crippen molar-refractivity contribution in [2.24, 2.45) is 5.92 Å². The van der Waals surface area contributed by atoms with Gasteiger partial charge in [-0.3, -0.25) is 0 Å². The van der Waals surface area contributed by atoms with Gasteiger partial charge in [0.25, 0.3) is 0 Å². The Labute approximate surface area is 108 Å². The van der Waals surface area contributed by atoms with E-state index in [1.807, 2.05) is 0 Å². The first-order valence-electron chi connectivity index (χ1n) is 6.09. The molecule has 0 saturated heterocycles. The Kier molecular flexibility index (Phi) is 6.07. The normalized spacial score (nSPS) is 14.8. The summed E-state index contributed by atoms with van der Waals surface area (Å²) in [6, 6.07) is 9.22. The number of hydrogen-bond acceptors (Lipinski definition) is 1. The van der Waals surface area contributed by atoms with Crippen molar-refractivity contribution in [2.75, 3.05) is 7.05 Å². The summed E-state index contributed by atoms with van der Waals surface area (Å²) in [7, 11) is 2.07. The molecular formula is C14H22BrN. The Bertz CT molecular complexity index is 294. The van der Waals surface area contributed by atoms with Crippen molar-refractivity contribution >= 4 is 15.9 Å². The third-order valence-electron chi connectivity index (χ3n) is 3.17. The van der Waals surface area contributed by atoms with Crippen molar-refractivity contribution in [3.8, 4) is 0 Å². The molecule has 0 aliphatic rings. The van der Waals surface area contributed by atoms with Crippen LogP contribution in [0.5, 0.6) is 0 Å². The van der Waals surface area contributed by atoms with E-state index in [1.54, 1.807) is 0 Å². The highest BCUT2D eigenvalue weighted by atomic mass is 79.9. The maximum Gasteiger partial charge on any atom is 0.0175 e. The predicted molar refractivity (Wildman–Crippen MR) is 74.8 cm³/mol. The summed E-state index contributed by atoms with van der Waals surface area (Å²) in [5, 5.41) is 3.44. The molecule has 0 aliphatic carbocycles. The molecule has 0 heterocycles. The molecule has 2 atom stereocenters. The summed E-state index contributed by atoms with van der Waals surface area (Å²) in [4.78, 5) is 0. The zero-order chi connectivity index (χ0) is 12.0. The van der Waals surface area contributed by atoms with Gasteiger partial charge >= 0.3 is 0 Å². The highest BCUT2D eigenvalue weighted by molar-refractivity contribution is 9.10. The smallest absolute Gasteiger partial charge is 0.0175 e. The summed E-state index contributed by atoms with van der Waals surface area (Å²) in [6.45, 7) is 4.59. The number of nitrogens with one attached hydrogen (secondary N) is 1. The van der Waals surface area contributed by atoms with Crippen LogP contribution >= 0.6 is 15.9 Å². The molecule has 2 unspecified atom stereocenters. The van der Waals surface area contributed by atoms with Gasteiger partial charge in [-0.15, -0.1) is 0 Å². The van der Waals surface area contributed by atoms with E-state index >= 15 is 0 Å². The quantitative estimate of drug-likeness (QED) is 0.832. The van der Waals surface area contributed by atoms with Crippen LogP contribution in [0.15, 0.2) is 28.7 Å². The van der Waals surface area contributed by atoms with Gasteiger partial charge < -0.3 is 5.32 Å². The van der Waals surface area contributed by atoms with Crippen LogP contribution < -0.4 is 5.32 Å². The lowest BCUT2D eigenvalue weighted by Gasteiger charge is -2.23. The van der Waals surface area contributed by atoms with Crippen LogP contribution in [0.4, 0.5) is 0 Å². The van der Waals surface area contributed by atoms with Crippen molar-refractivity contribution in [1.82, 2.24) is 5.32 Å². The summed E-state index contributed by atoms with van der Waals surface area (Å²) >= 11 is 3.47. The second-order valence-electron chi connectivity index (χ2n) is 4.49. The Hall–Kier alpha value is -0.340. The maximum absolute atomic E-state index is 3.47. The van der Waals surface area contributed by atoms with Crippen LogP contribution in [-0.4, -0.2) is 13.1 Å². The van der Waals surface area contributed by atoms with E-state index in [9.17, 15) is 0 Å². The van der Waals surface area contributed by atoms with E-state index in [4.69, 9.17) is 0 Å². The molecule has 1 aromatic rings. The molecule has 16 heavy (non-hydrogen) atoms. The highest BCUT2D eigenvalue weighted by Gasteiger charge is 2.14. The van der Waals surface area contributed by atoms with E-state index in [1.165, 1.54) is 18.4 Å². The molecule has 1 N–H and O–H groups in total. The van der Waals surface area contributed by atoms with Gasteiger partial charge in [-0.05, 0) is 43.5 Å². The molecule has 1 aromatic carbocycles. The fourth-order valence-corrected chi connectivity index (χ4v) is 2.38. The van der Waals surface area contributed by atoms with Gasteiger partial charge in [0, 0.05) is 10.5 Å². The molecule has 0 spiro atoms. The van der Waals surface area contributed by atoms with E-state index in [0.29, 0.717) is 6.04 Å². The summed E-state index contributed by atoms with van der Waals surface area (Å²) in [5.41, 5.74) is 1.41. The Balaban J connectivity index is 2.59. The molecule has 90 valence electrons. The maximum atomic E-state index is 3.47. The van der Waals surface area contributed by atoms with Gasteiger partial charge in [-0.2, -0.15) is 0 Å². The predicted octanol–water partition coefficient (Wildman–Crippen LogP) is 4.02. The molecule has 1 nitrogen and oxygen atoms in total. The summed E-state index contributed by atoms with van der Waals surface area (Å²) in [5.74, 6) is 0.735. The van der Waals surface area contributed by atoms with Crippen molar-refractivity contribution in [1.29, 1.82) is 0 Å². The zero-order valence-electron chi connectivity index (χ0n) is 10.5. The Morgan fingerprint density at radius 2 is 1.88 bits per heavy atom. The SMILES string of the molecule is CCCC(C)C(Cc1ccc(Br)cc1)NC. The lowest BCUT2D eigenvalue weighted by molar-refractivity contribution is 0.371. The Morgan fingerprint density at radius 1 is 1.25 bits per heavy atom. The fraction of sp³-hybridized carbons (Fsp3) is 0.571. The zero-order valence-corrected chi connectivity index (χ0v) is 12.0. The van der Waals surface area contributed by atoms with Gasteiger partial charge in [-0.1, -0.05) is 48.3 Å². The first-order valence-corrected chi connectivity index (χ1v) is 6.88. The van der Waals surface area contributed by atoms with Gasteiger partial charge in [0.05, 0.1) is 0 Å². The van der Waals surface area contributed by atoms with Crippen LogP contribution in [0.2, 0.25) is 0 Å². The molecule has 2 heteroatoms. The average molecular weight is 284 g/mol. The van der Waals surface area contributed by atoms with Crippen LogP contribution in [-0.2, 0) is 6.42 Å². The topological polar surface area (TPSA) is 12.0 Å². The van der Waals surface area contributed by atoms with Crippen molar-refractivity contribution in [3.63, 3.8) is 0 Å². The lowest BCUT2D eigenvalue weighted by Crippen LogP contribution is -2.34. The molecule has 0 amide bonds. The van der Waals surface area contributed by atoms with Crippen LogP contribution in [0.25, 0.3) is 0 Å². The molecule has 0 fully saturated rings. The molecule has 0 saturated carbocycles.